The molecule has 1 aliphatic heterocycles. The lowest BCUT2D eigenvalue weighted by Crippen LogP contribution is -2.41. The van der Waals surface area contributed by atoms with E-state index >= 15 is 0 Å². The van der Waals surface area contributed by atoms with E-state index in [-0.39, 0.29) is 18.0 Å². The van der Waals surface area contributed by atoms with Crippen LogP contribution in [0.5, 0.6) is 5.75 Å². The molecule has 2 aliphatic carbocycles. The molecule has 8 rings (SSSR count). The second kappa shape index (κ2) is 11.0. The van der Waals surface area contributed by atoms with Crippen molar-refractivity contribution in [3.8, 4) is 28.4 Å². The van der Waals surface area contributed by atoms with Gasteiger partial charge in [-0.05, 0) is 97.0 Å². The zero-order valence-corrected chi connectivity index (χ0v) is 26.9. The zero-order chi connectivity index (χ0) is 31.7. The lowest BCUT2D eigenvalue weighted by atomic mass is 9.98. The molecule has 3 aliphatic rings. The number of carbonyl (C=O) groups is 1. The number of hydrogen-bond donors (Lipinski definition) is 1. The Morgan fingerprint density at radius 2 is 1.87 bits per heavy atom. The van der Waals surface area contributed by atoms with Gasteiger partial charge in [0, 0.05) is 48.7 Å². The summed E-state index contributed by atoms with van der Waals surface area (Å²) < 4.78 is 10.5. The summed E-state index contributed by atoms with van der Waals surface area (Å²) >= 11 is 0. The predicted molar refractivity (Wildman–Crippen MR) is 186 cm³/mol. The monoisotopic (exact) mass is 611 g/mol. The Kier molecular flexibility index (Phi) is 6.91. The molecule has 3 unspecified atom stereocenters. The predicted octanol–water partition coefficient (Wildman–Crippen LogP) is 7.35. The summed E-state index contributed by atoms with van der Waals surface area (Å²) in [5.74, 6) is 2.61. The van der Waals surface area contributed by atoms with Crippen LogP contribution < -0.4 is 10.5 Å². The summed E-state index contributed by atoms with van der Waals surface area (Å²) in [7, 11) is 3.71. The van der Waals surface area contributed by atoms with E-state index < -0.39 is 0 Å². The van der Waals surface area contributed by atoms with Gasteiger partial charge in [-0.25, -0.2) is 4.98 Å². The molecule has 2 bridgehead atoms. The number of fused-ring (bicyclic) bond motifs is 4. The number of allylic oxidation sites excluding steroid dienone is 2. The lowest BCUT2D eigenvalue weighted by Gasteiger charge is -2.27. The highest BCUT2D eigenvalue weighted by atomic mass is 16.5. The number of aromatic nitrogens is 3. The molecule has 2 saturated carbocycles. The van der Waals surface area contributed by atoms with Gasteiger partial charge in [-0.3, -0.25) is 4.79 Å². The van der Waals surface area contributed by atoms with Gasteiger partial charge in [-0.15, -0.1) is 0 Å². The Morgan fingerprint density at radius 3 is 2.59 bits per heavy atom. The van der Waals surface area contributed by atoms with Gasteiger partial charge >= 0.3 is 0 Å². The van der Waals surface area contributed by atoms with Crippen molar-refractivity contribution in [3.05, 3.63) is 90.0 Å². The van der Waals surface area contributed by atoms with Crippen LogP contribution in [0.15, 0.2) is 73.3 Å². The van der Waals surface area contributed by atoms with Gasteiger partial charge in [0.1, 0.15) is 11.3 Å². The van der Waals surface area contributed by atoms with E-state index in [1.54, 1.807) is 7.11 Å². The maximum absolute atomic E-state index is 13.8. The Labute approximate surface area is 270 Å². The number of nitrogens with two attached hydrogens (primary N) is 1. The van der Waals surface area contributed by atoms with E-state index in [4.69, 9.17) is 15.5 Å². The minimum atomic E-state index is 0.0182. The Morgan fingerprint density at radius 1 is 1.07 bits per heavy atom. The van der Waals surface area contributed by atoms with Crippen LogP contribution >= 0.6 is 0 Å². The number of hydrogen-bond acceptors (Lipinski definition) is 4. The van der Waals surface area contributed by atoms with Crippen molar-refractivity contribution >= 4 is 33.9 Å². The quantitative estimate of drug-likeness (QED) is 0.186. The lowest BCUT2D eigenvalue weighted by molar-refractivity contribution is 0.0700. The number of piperidine rings is 1. The zero-order valence-electron chi connectivity index (χ0n) is 26.9. The first-order valence-corrected chi connectivity index (χ1v) is 16.5. The van der Waals surface area contributed by atoms with Crippen LogP contribution in [0.2, 0.25) is 0 Å². The third-order valence-corrected chi connectivity index (χ3v) is 10.6. The highest BCUT2D eigenvalue weighted by molar-refractivity contribution is 6.00. The van der Waals surface area contributed by atoms with Crippen molar-refractivity contribution in [2.75, 3.05) is 13.7 Å². The molecule has 234 valence electrons. The number of methoxy groups -OCH3 is 1. The Balaban J connectivity index is 1.23. The second-order valence-corrected chi connectivity index (χ2v) is 13.5. The van der Waals surface area contributed by atoms with Crippen molar-refractivity contribution in [3.63, 3.8) is 0 Å². The van der Waals surface area contributed by atoms with Gasteiger partial charge in [0.05, 0.1) is 18.3 Å². The van der Waals surface area contributed by atoms with Crippen molar-refractivity contribution in [2.24, 2.45) is 24.6 Å². The second-order valence-electron chi connectivity index (χ2n) is 13.5. The van der Waals surface area contributed by atoms with Gasteiger partial charge in [0.15, 0.2) is 5.82 Å². The Bertz CT molecular complexity index is 2060. The smallest absolute Gasteiger partial charge is 0.254 e. The SMILES string of the molecule is C=C/C=C\c1cc(-c2ccc3cc(-c4nc5cc(C(=O)N6CC7CCC6C7N)cc(OC)c5n4C)n(CC4CC4)c3c2)ccc1C. The molecule has 7 heteroatoms. The molecular formula is C39H41N5O2. The van der Waals surface area contributed by atoms with Crippen molar-refractivity contribution < 1.29 is 9.53 Å². The van der Waals surface area contributed by atoms with Gasteiger partial charge < -0.3 is 24.5 Å². The summed E-state index contributed by atoms with van der Waals surface area (Å²) in [5, 5.41) is 1.19. The number of amides is 1. The molecular weight excluding hydrogens is 570 g/mol. The average molecular weight is 612 g/mol. The first-order chi connectivity index (χ1) is 22.3. The van der Waals surface area contributed by atoms with Gasteiger partial charge in [-0.1, -0.05) is 49.1 Å². The molecule has 2 aromatic heterocycles. The molecule has 3 heterocycles. The molecule has 2 N–H and O–H groups in total. The fourth-order valence-electron chi connectivity index (χ4n) is 7.81. The Hall–Kier alpha value is -4.62. The average Bonchev–Trinajstić information content (AvgIpc) is 3.47. The number of rotatable bonds is 8. The van der Waals surface area contributed by atoms with E-state index in [0.717, 1.165) is 48.5 Å². The van der Waals surface area contributed by atoms with Crippen LogP contribution in [0.3, 0.4) is 0 Å². The molecule has 1 amide bonds. The molecule has 0 spiro atoms. The summed E-state index contributed by atoms with van der Waals surface area (Å²) in [6.07, 6.45) is 10.5. The van der Waals surface area contributed by atoms with E-state index in [2.05, 4.69) is 71.2 Å². The minimum absolute atomic E-state index is 0.0182. The molecule has 0 radical (unpaired) electrons. The molecule has 3 fully saturated rings. The summed E-state index contributed by atoms with van der Waals surface area (Å²) in [5.41, 5.74) is 15.8. The summed E-state index contributed by atoms with van der Waals surface area (Å²) in [6.45, 7) is 7.65. The summed E-state index contributed by atoms with van der Waals surface area (Å²) in [4.78, 5) is 20.9. The number of nitrogens with zero attached hydrogens (tertiary/aromatic N) is 4. The number of imidazole rings is 1. The highest BCUT2D eigenvalue weighted by Crippen LogP contribution is 2.41. The topological polar surface area (TPSA) is 78.3 Å². The van der Waals surface area contributed by atoms with E-state index in [9.17, 15) is 4.79 Å². The first kappa shape index (κ1) is 28.8. The summed E-state index contributed by atoms with van der Waals surface area (Å²) in [6, 6.07) is 19.7. The number of aryl methyl sites for hydroxylation is 2. The maximum atomic E-state index is 13.8. The van der Waals surface area contributed by atoms with Gasteiger partial charge in [-0.2, -0.15) is 0 Å². The van der Waals surface area contributed by atoms with E-state index in [1.807, 2.05) is 36.2 Å². The number of likely N-dealkylation sites (tertiary alicyclic amines) is 1. The standard InChI is InChI=1S/C39H41N5O2/c1-5-6-7-25-16-26(11-8-23(25)2)27-12-13-28-19-34(43(33(28)18-27)21-24-9-10-24)38-41-31-17-30(20-35(46-4)37(31)42(38)3)39(45)44-22-29-14-15-32(44)36(29)40/h5-8,11-13,16-20,24,29,32,36H,1,9-10,14-15,21-22,40H2,2-4H3/b7-6-. The van der Waals surface area contributed by atoms with Crippen molar-refractivity contribution in [1.82, 2.24) is 19.0 Å². The maximum Gasteiger partial charge on any atom is 0.254 e. The number of benzene rings is 3. The fourth-order valence-corrected chi connectivity index (χ4v) is 7.81. The van der Waals surface area contributed by atoms with Crippen LogP contribution in [0.4, 0.5) is 0 Å². The molecule has 46 heavy (non-hydrogen) atoms. The third kappa shape index (κ3) is 4.68. The van der Waals surface area contributed by atoms with Gasteiger partial charge in [0.25, 0.3) is 5.91 Å². The number of ether oxygens (including phenoxy) is 1. The third-order valence-electron chi connectivity index (χ3n) is 10.6. The van der Waals surface area contributed by atoms with Gasteiger partial charge in [0.2, 0.25) is 0 Å². The van der Waals surface area contributed by atoms with Crippen LogP contribution in [0.1, 0.15) is 47.2 Å². The molecule has 7 nitrogen and oxygen atoms in total. The van der Waals surface area contributed by atoms with Crippen LogP contribution in [-0.4, -0.2) is 50.7 Å². The first-order valence-electron chi connectivity index (χ1n) is 16.5. The van der Waals surface area contributed by atoms with Crippen LogP contribution in [-0.2, 0) is 13.6 Å². The normalized spacial score (nSPS) is 20.9. The number of carbonyl (C=O) groups excluding carboxylic acids is 1. The van der Waals surface area contributed by atoms with Crippen LogP contribution in [0.25, 0.3) is 50.7 Å². The van der Waals surface area contributed by atoms with Crippen LogP contribution in [0, 0.1) is 18.8 Å². The molecule has 3 aromatic carbocycles. The fraction of sp³-hybridized carbons (Fsp3) is 0.333. The van der Waals surface area contributed by atoms with Crippen molar-refractivity contribution in [1.29, 1.82) is 0 Å². The largest absolute Gasteiger partial charge is 0.494 e. The molecule has 1 saturated heterocycles. The van der Waals surface area contributed by atoms with E-state index in [1.165, 1.54) is 46.0 Å². The van der Waals surface area contributed by atoms with Crippen molar-refractivity contribution in [2.45, 2.75) is 51.2 Å². The van der Waals surface area contributed by atoms with E-state index in [0.29, 0.717) is 23.1 Å². The molecule has 5 aromatic rings. The molecule has 3 atom stereocenters. The highest BCUT2D eigenvalue weighted by Gasteiger charge is 2.47. The minimum Gasteiger partial charge on any atom is -0.494 e.